The molecule has 6 fully saturated rings. The van der Waals surface area contributed by atoms with E-state index in [1.54, 1.807) is 0 Å². The van der Waals surface area contributed by atoms with Gasteiger partial charge in [0.2, 0.25) is 0 Å². The number of carbonyl (C=O) groups is 1. The molecule has 256 valence electrons. The van der Waals surface area contributed by atoms with Gasteiger partial charge in [-0.2, -0.15) is 0 Å². The van der Waals surface area contributed by atoms with Gasteiger partial charge in [0.25, 0.3) is 0 Å². The summed E-state index contributed by atoms with van der Waals surface area (Å²) in [4.78, 5) is 12.5. The first-order valence-electron chi connectivity index (χ1n) is 16.3. The van der Waals surface area contributed by atoms with Crippen LogP contribution in [0.3, 0.4) is 0 Å². The highest BCUT2D eigenvalue weighted by molar-refractivity contribution is 5.75. The molecule has 0 aromatic heterocycles. The molecule has 6 aliphatic rings. The molecular weight excluding hydrogens is 592 g/mol. The van der Waals surface area contributed by atoms with Crippen molar-refractivity contribution in [3.63, 3.8) is 0 Å². The number of aliphatic hydroxyl groups excluding tert-OH is 7. The number of aliphatic hydroxyl groups is 7. The van der Waals surface area contributed by atoms with Crippen LogP contribution < -0.4 is 0 Å². The predicted molar refractivity (Wildman–Crippen MR) is 154 cm³/mol. The van der Waals surface area contributed by atoms with E-state index in [-0.39, 0.29) is 22.7 Å². The summed E-state index contributed by atoms with van der Waals surface area (Å²) in [5, 5.41) is 82.8. The normalized spacial score (nSPS) is 54.7. The van der Waals surface area contributed by atoms with Gasteiger partial charge in [-0.1, -0.05) is 19.9 Å². The third-order valence-corrected chi connectivity index (χ3v) is 12.9. The molecule has 8 N–H and O–H groups in total. The average molecular weight is 643 g/mol. The number of hydrogen-bond acceptors (Lipinski definition) is 12. The fraction of sp³-hybridized carbons (Fsp3) is 0.906. The highest BCUT2D eigenvalue weighted by atomic mass is 16.8. The minimum atomic E-state index is -1.76. The molecule has 2 unspecified atom stereocenters. The summed E-state index contributed by atoms with van der Waals surface area (Å²) in [6.07, 6.45) is -8.44. The smallest absolute Gasteiger partial charge is 0.309 e. The lowest BCUT2D eigenvalue weighted by atomic mass is 9.41. The van der Waals surface area contributed by atoms with E-state index in [2.05, 4.69) is 13.5 Å². The lowest BCUT2D eigenvalue weighted by Gasteiger charge is -2.64. The monoisotopic (exact) mass is 642 g/mol. The fourth-order valence-electron chi connectivity index (χ4n) is 10.6. The summed E-state index contributed by atoms with van der Waals surface area (Å²) in [5.74, 6) is -0.392. The molecule has 2 heterocycles. The lowest BCUT2D eigenvalue weighted by Crippen LogP contribution is -2.65. The predicted octanol–water partition coefficient (Wildman–Crippen LogP) is -0.197. The molecule has 1 spiro atoms. The van der Waals surface area contributed by atoms with E-state index in [9.17, 15) is 45.6 Å². The Hall–Kier alpha value is -1.23. The van der Waals surface area contributed by atoms with Crippen LogP contribution >= 0.6 is 0 Å². The molecule has 4 saturated carbocycles. The Bertz CT molecular complexity index is 1150. The van der Waals surface area contributed by atoms with Gasteiger partial charge in [0, 0.05) is 0 Å². The van der Waals surface area contributed by atoms with Crippen molar-refractivity contribution in [3.05, 3.63) is 12.2 Å². The van der Waals surface area contributed by atoms with Crippen molar-refractivity contribution in [1.82, 2.24) is 0 Å². The van der Waals surface area contributed by atoms with E-state index < -0.39 is 91.6 Å². The maximum absolute atomic E-state index is 12.5. The zero-order valence-corrected chi connectivity index (χ0v) is 26.0. The van der Waals surface area contributed by atoms with Gasteiger partial charge in [-0.25, -0.2) is 0 Å². The minimum Gasteiger partial charge on any atom is -0.481 e. The lowest BCUT2D eigenvalue weighted by molar-refractivity contribution is -0.378. The van der Waals surface area contributed by atoms with Gasteiger partial charge in [0.15, 0.2) is 12.6 Å². The summed E-state index contributed by atoms with van der Waals surface area (Å²) in [5.41, 5.74) is -1.10. The van der Waals surface area contributed by atoms with E-state index in [4.69, 9.17) is 18.9 Å². The van der Waals surface area contributed by atoms with E-state index in [0.29, 0.717) is 25.7 Å². The fourth-order valence-corrected chi connectivity index (χ4v) is 10.6. The summed E-state index contributed by atoms with van der Waals surface area (Å²) in [7, 11) is 0. The van der Waals surface area contributed by atoms with Gasteiger partial charge in [-0.3, -0.25) is 4.79 Å². The molecule has 2 aliphatic heterocycles. The first-order chi connectivity index (χ1) is 21.2. The van der Waals surface area contributed by atoms with Crippen LogP contribution in [0, 0.1) is 28.1 Å². The average Bonchev–Trinajstić information content (AvgIpc) is 3.19. The van der Waals surface area contributed by atoms with Crippen molar-refractivity contribution in [2.45, 2.75) is 139 Å². The second kappa shape index (κ2) is 11.7. The summed E-state index contributed by atoms with van der Waals surface area (Å²) in [6.45, 7) is 7.33. The third kappa shape index (κ3) is 5.04. The number of carboxylic acid groups (broad SMARTS) is 1. The number of rotatable bonds is 7. The van der Waals surface area contributed by atoms with Crippen LogP contribution in [0.15, 0.2) is 12.2 Å². The Morgan fingerprint density at radius 2 is 1.47 bits per heavy atom. The van der Waals surface area contributed by atoms with Crippen molar-refractivity contribution >= 4 is 5.97 Å². The first kappa shape index (κ1) is 33.7. The number of fused-ring (bicyclic) bond motifs is 3. The third-order valence-electron chi connectivity index (χ3n) is 12.9. The van der Waals surface area contributed by atoms with Crippen molar-refractivity contribution in [2.24, 2.45) is 28.1 Å². The molecule has 0 aromatic carbocycles. The van der Waals surface area contributed by atoms with Gasteiger partial charge >= 0.3 is 5.97 Å². The zero-order chi connectivity index (χ0) is 32.7. The van der Waals surface area contributed by atoms with Gasteiger partial charge in [0.1, 0.15) is 48.8 Å². The molecule has 6 rings (SSSR count). The molecule has 13 heteroatoms. The van der Waals surface area contributed by atoms with Crippen LogP contribution in [0.1, 0.15) is 71.6 Å². The van der Waals surface area contributed by atoms with Crippen molar-refractivity contribution < 1.29 is 64.6 Å². The highest BCUT2D eigenvalue weighted by Crippen LogP contribution is 2.73. The molecule has 45 heavy (non-hydrogen) atoms. The van der Waals surface area contributed by atoms with Gasteiger partial charge in [-0.15, -0.1) is 0 Å². The van der Waals surface area contributed by atoms with E-state index in [1.165, 1.54) is 0 Å². The van der Waals surface area contributed by atoms with Crippen LogP contribution in [0.25, 0.3) is 0 Å². The zero-order valence-electron chi connectivity index (χ0n) is 26.0. The molecule has 2 saturated heterocycles. The van der Waals surface area contributed by atoms with Gasteiger partial charge < -0.3 is 59.8 Å². The molecule has 0 amide bonds. The molecule has 16 atom stereocenters. The van der Waals surface area contributed by atoms with E-state index >= 15 is 0 Å². The number of ether oxygens (including phenoxy) is 4. The van der Waals surface area contributed by atoms with Crippen molar-refractivity contribution in [1.29, 1.82) is 0 Å². The molecule has 4 aliphatic carbocycles. The Morgan fingerprint density at radius 3 is 2.11 bits per heavy atom. The maximum Gasteiger partial charge on any atom is 0.309 e. The Morgan fingerprint density at radius 1 is 0.844 bits per heavy atom. The minimum absolute atomic E-state index is 0.0640. The topological polar surface area (TPSA) is 216 Å². The maximum atomic E-state index is 12.5. The largest absolute Gasteiger partial charge is 0.481 e. The standard InChI is InChI=1S/C32H50O13/c1-15-11-31-9-5-18-29(2,7-4-8-30(18,3)28(40)41)19(31)6-10-32(15,14-31)45-27-25(23(38)21(36)17(13-34)43-27)44-26-24(39)22(37)20(35)16(12-33)42-26/h16-27,33-39H,1,4-14H2,2-3H3,(H,40,41)/t16-,17-,18?,19?,20-,21-,22+,23+,24-,25-,26+,27+,29-,30-,31-,32+/m1/s1. The van der Waals surface area contributed by atoms with Gasteiger partial charge in [0.05, 0.1) is 24.2 Å². The van der Waals surface area contributed by atoms with Crippen LogP contribution in [0.2, 0.25) is 0 Å². The molecule has 0 radical (unpaired) electrons. The molecule has 13 nitrogen and oxygen atoms in total. The van der Waals surface area contributed by atoms with Crippen LogP contribution in [-0.4, -0.2) is 127 Å². The Kier molecular flexibility index (Phi) is 8.77. The Labute approximate surface area is 262 Å². The Balaban J connectivity index is 1.26. The van der Waals surface area contributed by atoms with Crippen LogP contribution in [0.4, 0.5) is 0 Å². The van der Waals surface area contributed by atoms with Gasteiger partial charge in [-0.05, 0) is 86.5 Å². The molecular formula is C32H50O13. The number of aliphatic carboxylic acids is 1. The second-order valence-corrected chi connectivity index (χ2v) is 15.2. The van der Waals surface area contributed by atoms with Crippen LogP contribution in [0.5, 0.6) is 0 Å². The quantitative estimate of drug-likeness (QED) is 0.134. The summed E-state index contributed by atoms with van der Waals surface area (Å²) >= 11 is 0. The SMILES string of the molecule is C=C1C[C@@]23CCC4[C@@](C)(CCC[C@@]4(C)C(=O)O)C2CC[C@]1(O[C@@H]1O[C@H](CO)[C@@H](O)[C@H](O)[C@H]1O[C@@H]1O[C@H](CO)[C@@H](O)[C@H](O)[C@H]1O)C3. The second-order valence-electron chi connectivity index (χ2n) is 15.2. The summed E-state index contributed by atoms with van der Waals surface area (Å²) < 4.78 is 24.1. The first-order valence-corrected chi connectivity index (χ1v) is 16.3. The number of hydrogen-bond donors (Lipinski definition) is 8. The molecule has 2 bridgehead atoms. The van der Waals surface area contributed by atoms with E-state index in [0.717, 1.165) is 37.7 Å². The highest BCUT2D eigenvalue weighted by Gasteiger charge is 2.69. The van der Waals surface area contributed by atoms with E-state index in [1.807, 2.05) is 6.92 Å². The molecule has 0 aromatic rings. The summed E-state index contributed by atoms with van der Waals surface area (Å²) in [6, 6.07) is 0. The van der Waals surface area contributed by atoms with Crippen molar-refractivity contribution in [3.8, 4) is 0 Å². The van der Waals surface area contributed by atoms with Crippen LogP contribution in [-0.2, 0) is 23.7 Å². The van der Waals surface area contributed by atoms with Crippen molar-refractivity contribution in [2.75, 3.05) is 13.2 Å². The number of carboxylic acids is 1.